The van der Waals surface area contributed by atoms with E-state index < -0.39 is 0 Å². The Bertz CT molecular complexity index is 210. The molecule has 84 valence electrons. The predicted molar refractivity (Wildman–Crippen MR) is 55.0 cm³/mol. The summed E-state index contributed by atoms with van der Waals surface area (Å²) in [6, 6.07) is 0.649. The molecule has 0 saturated heterocycles. The summed E-state index contributed by atoms with van der Waals surface area (Å²) in [4.78, 5) is 0. The van der Waals surface area contributed by atoms with Gasteiger partial charge < -0.3 is 18.1 Å². The highest BCUT2D eigenvalue weighted by Crippen LogP contribution is 2.63. The number of quaternary nitrogens is 1. The molecule has 5 atom stereocenters. The molecule has 2 heteroatoms. The van der Waals surface area contributed by atoms with Crippen molar-refractivity contribution in [2.45, 2.75) is 46.6 Å². The van der Waals surface area contributed by atoms with Crippen molar-refractivity contribution < 1.29 is 18.1 Å². The lowest BCUT2D eigenvalue weighted by molar-refractivity contribution is -0.437. The Morgan fingerprint density at radius 2 is 1.86 bits per heavy atom. The minimum atomic E-state index is 0. The average Bonchev–Trinajstić information content (AvgIpc) is 2.02. The largest absolute Gasteiger partial charge is 1.00 e. The summed E-state index contributed by atoms with van der Waals surface area (Å²) in [6.07, 6.45) is 2.94. The van der Waals surface area contributed by atoms with E-state index in [4.69, 9.17) is 0 Å². The smallest absolute Gasteiger partial charge is 0.0846 e. The second kappa shape index (κ2) is 3.68. The molecule has 0 heterocycles. The molecule has 3 rings (SSSR count). The molecule has 0 aromatic rings. The van der Waals surface area contributed by atoms with Crippen molar-refractivity contribution in [2.75, 3.05) is 0 Å². The maximum absolute atomic E-state index is 4.22. The van der Waals surface area contributed by atoms with E-state index >= 15 is 0 Å². The molecule has 1 nitrogen and oxygen atoms in total. The minimum Gasteiger partial charge on any atom is -1.00 e. The molecule has 0 spiro atoms. The second-order valence-corrected chi connectivity index (χ2v) is 6.10. The van der Waals surface area contributed by atoms with Crippen LogP contribution in [0.25, 0.3) is 0 Å². The van der Waals surface area contributed by atoms with E-state index in [0.717, 1.165) is 23.7 Å². The Morgan fingerprint density at radius 1 is 1.29 bits per heavy atom. The molecule has 0 aromatic heterocycles. The first-order valence-corrected chi connectivity index (χ1v) is 5.77. The molecule has 0 unspecified atom stereocenters. The lowest BCUT2D eigenvalue weighted by Gasteiger charge is -2.62. The van der Waals surface area contributed by atoms with Crippen molar-refractivity contribution in [2.24, 2.45) is 29.1 Å². The zero-order chi connectivity index (χ0) is 9.80. The third-order valence-corrected chi connectivity index (χ3v) is 5.14. The van der Waals surface area contributed by atoms with Crippen LogP contribution in [0.15, 0.2) is 0 Å². The molecule has 3 N–H and O–H groups in total. The molecule has 14 heavy (non-hydrogen) atoms. The molecule has 0 radical (unpaired) electrons. The average molecular weight is 218 g/mol. The van der Waals surface area contributed by atoms with Crippen LogP contribution in [-0.2, 0) is 0 Å². The van der Waals surface area contributed by atoms with Crippen LogP contribution in [0, 0.1) is 29.1 Å². The molecule has 3 aliphatic rings. The summed E-state index contributed by atoms with van der Waals surface area (Å²) in [5, 5.41) is 0. The molecule has 3 saturated carbocycles. The number of hydrogen-bond donors (Lipinski definition) is 1. The van der Waals surface area contributed by atoms with Gasteiger partial charge in [-0.2, -0.15) is 0 Å². The number of halogens is 1. The molecule has 0 amide bonds. The Morgan fingerprint density at radius 3 is 2.21 bits per heavy atom. The maximum Gasteiger partial charge on any atom is 0.0846 e. The highest BCUT2D eigenvalue weighted by atomic mass is 35.5. The van der Waals surface area contributed by atoms with Crippen molar-refractivity contribution >= 4 is 0 Å². The topological polar surface area (TPSA) is 27.6 Å². The normalized spacial score (nSPS) is 46.1. The second-order valence-electron chi connectivity index (χ2n) is 6.10. The molecule has 0 aliphatic heterocycles. The van der Waals surface area contributed by atoms with Gasteiger partial charge in [0.15, 0.2) is 0 Å². The summed E-state index contributed by atoms with van der Waals surface area (Å²) in [5.74, 6) is 3.80. The Balaban J connectivity index is 0.000000980. The SMILES string of the molecule is C[C@H]1[C@H]([C@H](C)[NH3+])C[C@@H]2C[C@H]1C2(C)C.[Cl-]. The Kier molecular flexibility index (Phi) is 3.24. The van der Waals surface area contributed by atoms with Crippen LogP contribution in [0.5, 0.6) is 0 Å². The summed E-state index contributed by atoms with van der Waals surface area (Å²) in [7, 11) is 0. The number of rotatable bonds is 1. The van der Waals surface area contributed by atoms with E-state index in [-0.39, 0.29) is 12.4 Å². The highest BCUT2D eigenvalue weighted by molar-refractivity contribution is 5.05. The number of fused-ring (bicyclic) bond motifs is 2. The van der Waals surface area contributed by atoms with Crippen LogP contribution in [0.3, 0.4) is 0 Å². The fourth-order valence-corrected chi connectivity index (χ4v) is 3.94. The van der Waals surface area contributed by atoms with Crippen molar-refractivity contribution in [1.29, 1.82) is 0 Å². The fraction of sp³-hybridized carbons (Fsp3) is 1.00. The van der Waals surface area contributed by atoms with Crippen molar-refractivity contribution in [3.63, 3.8) is 0 Å². The van der Waals surface area contributed by atoms with Gasteiger partial charge >= 0.3 is 0 Å². The highest BCUT2D eigenvalue weighted by Gasteiger charge is 2.57. The third-order valence-electron chi connectivity index (χ3n) is 5.14. The van der Waals surface area contributed by atoms with Gasteiger partial charge in [-0.3, -0.25) is 0 Å². The van der Waals surface area contributed by atoms with Crippen LogP contribution < -0.4 is 18.1 Å². The van der Waals surface area contributed by atoms with Crippen molar-refractivity contribution in [3.05, 3.63) is 0 Å². The van der Waals surface area contributed by atoms with E-state index in [1.165, 1.54) is 12.8 Å². The zero-order valence-electron chi connectivity index (χ0n) is 9.89. The molecule has 0 aromatic carbocycles. The van der Waals surface area contributed by atoms with Crippen LogP contribution >= 0.6 is 0 Å². The number of hydrogen-bond acceptors (Lipinski definition) is 0. The first-order chi connectivity index (χ1) is 5.94. The maximum atomic E-state index is 4.22. The standard InChI is InChI=1S/C12H23N.ClH/c1-7-10(8(2)13)5-9-6-11(7)12(9,3)4;/h7-11H,5-6,13H2,1-4H3;1H/t7-,8-,9+,10+,11+;/m0./s1. The van der Waals surface area contributed by atoms with Crippen LogP contribution in [0.2, 0.25) is 0 Å². The van der Waals surface area contributed by atoms with Crippen LogP contribution in [-0.4, -0.2) is 6.04 Å². The summed E-state index contributed by atoms with van der Waals surface area (Å²) < 4.78 is 0. The quantitative estimate of drug-likeness (QED) is 0.580. The molecule has 2 bridgehead atoms. The summed E-state index contributed by atoms with van der Waals surface area (Å²) >= 11 is 0. The molecule has 3 aliphatic carbocycles. The van der Waals surface area contributed by atoms with Crippen LogP contribution in [0.1, 0.15) is 40.5 Å². The van der Waals surface area contributed by atoms with E-state index in [1.54, 1.807) is 0 Å². The third kappa shape index (κ3) is 1.49. The molecular formula is C12H24ClN. The van der Waals surface area contributed by atoms with Gasteiger partial charge in [0.05, 0.1) is 6.04 Å². The first-order valence-electron chi connectivity index (χ1n) is 5.77. The van der Waals surface area contributed by atoms with Crippen molar-refractivity contribution in [1.82, 2.24) is 0 Å². The van der Waals surface area contributed by atoms with E-state index in [2.05, 4.69) is 33.4 Å². The summed E-state index contributed by atoms with van der Waals surface area (Å²) in [5.41, 5.74) is 4.86. The minimum absolute atomic E-state index is 0. The van der Waals surface area contributed by atoms with Gasteiger partial charge in [0, 0.05) is 5.92 Å². The predicted octanol–water partition coefficient (Wildman–Crippen LogP) is -1.06. The Labute approximate surface area is 94.2 Å². The summed E-state index contributed by atoms with van der Waals surface area (Å²) in [6.45, 7) is 9.67. The lowest BCUT2D eigenvalue weighted by Crippen LogP contribution is -3.00. The van der Waals surface area contributed by atoms with Gasteiger partial charge in [0.25, 0.3) is 0 Å². The molecular weight excluding hydrogens is 194 g/mol. The lowest BCUT2D eigenvalue weighted by atomic mass is 9.43. The van der Waals surface area contributed by atoms with Gasteiger partial charge in [-0.1, -0.05) is 20.8 Å². The van der Waals surface area contributed by atoms with Gasteiger partial charge in [-0.15, -0.1) is 0 Å². The van der Waals surface area contributed by atoms with Gasteiger partial charge in [0.1, 0.15) is 0 Å². The monoisotopic (exact) mass is 217 g/mol. The zero-order valence-corrected chi connectivity index (χ0v) is 10.6. The fourth-order valence-electron chi connectivity index (χ4n) is 3.94. The van der Waals surface area contributed by atoms with Crippen LogP contribution in [0.4, 0.5) is 0 Å². The van der Waals surface area contributed by atoms with Gasteiger partial charge in [-0.05, 0) is 42.9 Å². The Hall–Kier alpha value is 0.250. The van der Waals surface area contributed by atoms with E-state index in [1.807, 2.05) is 0 Å². The van der Waals surface area contributed by atoms with Gasteiger partial charge in [-0.25, -0.2) is 0 Å². The van der Waals surface area contributed by atoms with E-state index in [9.17, 15) is 0 Å². The van der Waals surface area contributed by atoms with Crippen molar-refractivity contribution in [3.8, 4) is 0 Å². The van der Waals surface area contributed by atoms with E-state index in [0.29, 0.717) is 11.5 Å². The molecule has 3 fully saturated rings. The van der Waals surface area contributed by atoms with Gasteiger partial charge in [0.2, 0.25) is 0 Å². The first kappa shape index (κ1) is 12.3.